The molecule has 0 saturated carbocycles. The first-order valence-electron chi connectivity index (χ1n) is 4.47. The number of halogens is 3. The van der Waals surface area contributed by atoms with Gasteiger partial charge in [0, 0.05) is 5.56 Å². The molecule has 2 rings (SSSR count). The molecule has 0 unspecified atom stereocenters. The minimum atomic E-state index is -4.28. The van der Waals surface area contributed by atoms with Crippen LogP contribution in [0.5, 0.6) is 5.75 Å². The summed E-state index contributed by atoms with van der Waals surface area (Å²) in [6.07, 6.45) is -2.79. The van der Waals surface area contributed by atoms with Crippen LogP contribution < -0.4 is 4.74 Å². The maximum absolute atomic E-state index is 12.6. The predicted molar refractivity (Wildman–Crippen MR) is 50.7 cm³/mol. The zero-order chi connectivity index (χ0) is 11.1. The molecule has 80 valence electrons. The third-order valence-electron chi connectivity index (χ3n) is 2.46. The van der Waals surface area contributed by atoms with E-state index >= 15 is 0 Å². The number of hydrogen-bond donors (Lipinski definition) is 0. The first-order valence-corrected chi connectivity index (χ1v) is 4.47. The molecule has 0 aliphatic heterocycles. The Morgan fingerprint density at radius 2 is 2.00 bits per heavy atom. The first-order chi connectivity index (χ1) is 7.04. The van der Waals surface area contributed by atoms with Crippen LogP contribution >= 0.6 is 0 Å². The van der Waals surface area contributed by atoms with E-state index in [1.54, 1.807) is 12.1 Å². The van der Waals surface area contributed by atoms with Crippen LogP contribution in [-0.4, -0.2) is 13.3 Å². The normalized spacial score (nSPS) is 14.8. The van der Waals surface area contributed by atoms with E-state index in [-0.39, 0.29) is 12.0 Å². The highest BCUT2D eigenvalue weighted by Crippen LogP contribution is 2.42. The molecule has 0 bridgehead atoms. The number of rotatable bonds is 1. The van der Waals surface area contributed by atoms with Gasteiger partial charge in [-0.05, 0) is 18.1 Å². The van der Waals surface area contributed by atoms with E-state index in [0.717, 1.165) is 0 Å². The average molecular weight is 214 g/mol. The van der Waals surface area contributed by atoms with Crippen LogP contribution in [0.1, 0.15) is 11.1 Å². The molecule has 0 saturated heterocycles. The van der Waals surface area contributed by atoms with E-state index in [0.29, 0.717) is 11.3 Å². The van der Waals surface area contributed by atoms with Gasteiger partial charge in [0.05, 0.1) is 12.7 Å². The summed E-state index contributed by atoms with van der Waals surface area (Å²) in [5.74, 6) is 0.517. The Balaban J connectivity index is 2.50. The fourth-order valence-corrected chi connectivity index (χ4v) is 1.80. The highest BCUT2D eigenvalue weighted by Gasteiger charge is 2.38. The number of alkyl halides is 3. The highest BCUT2D eigenvalue weighted by atomic mass is 19.4. The summed E-state index contributed by atoms with van der Waals surface area (Å²) >= 11 is 0. The number of ether oxygens (including phenoxy) is 1. The molecule has 0 atom stereocenters. The Morgan fingerprint density at radius 1 is 1.27 bits per heavy atom. The maximum atomic E-state index is 12.6. The van der Waals surface area contributed by atoms with Crippen LogP contribution in [0.3, 0.4) is 0 Å². The van der Waals surface area contributed by atoms with Gasteiger partial charge in [0.15, 0.2) is 0 Å². The average Bonchev–Trinajstić information content (AvgIpc) is 2.59. The SMILES string of the molecule is COc1cccc2c1CC=C2C(F)(F)F. The number of benzene rings is 1. The van der Waals surface area contributed by atoms with Gasteiger partial charge >= 0.3 is 6.18 Å². The van der Waals surface area contributed by atoms with Crippen molar-refractivity contribution in [3.63, 3.8) is 0 Å². The zero-order valence-corrected chi connectivity index (χ0v) is 8.06. The molecule has 4 heteroatoms. The standard InChI is InChI=1S/C11H9F3O/c1-15-10-4-2-3-7-8(10)5-6-9(7)11(12,13)14/h2-4,6H,5H2,1H3. The van der Waals surface area contributed by atoms with Gasteiger partial charge < -0.3 is 4.74 Å². The van der Waals surface area contributed by atoms with Gasteiger partial charge in [0.1, 0.15) is 5.75 Å². The summed E-state index contributed by atoms with van der Waals surface area (Å²) in [4.78, 5) is 0. The van der Waals surface area contributed by atoms with Gasteiger partial charge in [0.25, 0.3) is 0 Å². The van der Waals surface area contributed by atoms with Crippen LogP contribution in [0.15, 0.2) is 24.3 Å². The Hall–Kier alpha value is -1.45. The highest BCUT2D eigenvalue weighted by molar-refractivity contribution is 5.78. The second-order valence-electron chi connectivity index (χ2n) is 3.31. The fraction of sp³-hybridized carbons (Fsp3) is 0.273. The minimum Gasteiger partial charge on any atom is -0.496 e. The molecule has 1 nitrogen and oxygen atoms in total. The van der Waals surface area contributed by atoms with Crippen LogP contribution in [0, 0.1) is 0 Å². The van der Waals surface area contributed by atoms with Gasteiger partial charge in [-0.1, -0.05) is 18.2 Å². The Kier molecular flexibility index (Phi) is 2.21. The number of fused-ring (bicyclic) bond motifs is 1. The number of allylic oxidation sites excluding steroid dienone is 2. The number of methoxy groups -OCH3 is 1. The van der Waals surface area contributed by atoms with Crippen LogP contribution in [0.4, 0.5) is 13.2 Å². The lowest BCUT2D eigenvalue weighted by Gasteiger charge is -2.11. The van der Waals surface area contributed by atoms with Crippen molar-refractivity contribution in [2.75, 3.05) is 7.11 Å². The summed E-state index contributed by atoms with van der Waals surface area (Å²) in [6, 6.07) is 4.72. The van der Waals surface area contributed by atoms with Crippen LogP contribution in [0.25, 0.3) is 5.57 Å². The van der Waals surface area contributed by atoms with E-state index in [2.05, 4.69) is 0 Å². The third-order valence-corrected chi connectivity index (χ3v) is 2.46. The maximum Gasteiger partial charge on any atom is 0.416 e. The predicted octanol–water partition coefficient (Wildman–Crippen LogP) is 3.20. The molecule has 0 N–H and O–H groups in total. The van der Waals surface area contributed by atoms with Crippen molar-refractivity contribution in [1.82, 2.24) is 0 Å². The van der Waals surface area contributed by atoms with Crippen molar-refractivity contribution in [3.05, 3.63) is 35.4 Å². The Bertz CT molecular complexity index is 418. The zero-order valence-electron chi connectivity index (χ0n) is 8.06. The third kappa shape index (κ3) is 1.60. The lowest BCUT2D eigenvalue weighted by atomic mass is 10.0. The Labute approximate surface area is 85.2 Å². The first kappa shape index (κ1) is 10.1. The molecule has 1 aliphatic carbocycles. The summed E-state index contributed by atoms with van der Waals surface area (Å²) in [5.41, 5.74) is 0.297. The van der Waals surface area contributed by atoms with E-state index in [4.69, 9.17) is 4.74 Å². The molecule has 0 aromatic heterocycles. The summed E-state index contributed by atoms with van der Waals surface area (Å²) in [5, 5.41) is 0. The van der Waals surface area contributed by atoms with Crippen LogP contribution in [-0.2, 0) is 6.42 Å². The summed E-state index contributed by atoms with van der Waals surface area (Å²) < 4.78 is 42.7. The molecule has 15 heavy (non-hydrogen) atoms. The van der Waals surface area contributed by atoms with Crippen molar-refractivity contribution in [1.29, 1.82) is 0 Å². The van der Waals surface area contributed by atoms with Gasteiger partial charge in [-0.3, -0.25) is 0 Å². The topological polar surface area (TPSA) is 9.23 Å². The van der Waals surface area contributed by atoms with Gasteiger partial charge in [0.2, 0.25) is 0 Å². The fourth-order valence-electron chi connectivity index (χ4n) is 1.80. The molecule has 0 amide bonds. The second kappa shape index (κ2) is 3.29. The summed E-state index contributed by atoms with van der Waals surface area (Å²) in [6.45, 7) is 0. The van der Waals surface area contributed by atoms with E-state index in [1.807, 2.05) is 0 Å². The van der Waals surface area contributed by atoms with Gasteiger partial charge in [-0.2, -0.15) is 13.2 Å². The largest absolute Gasteiger partial charge is 0.496 e. The van der Waals surface area contributed by atoms with E-state index < -0.39 is 11.7 Å². The monoisotopic (exact) mass is 214 g/mol. The molecule has 0 heterocycles. The molecular weight excluding hydrogens is 205 g/mol. The number of hydrogen-bond acceptors (Lipinski definition) is 1. The van der Waals surface area contributed by atoms with Crippen molar-refractivity contribution < 1.29 is 17.9 Å². The van der Waals surface area contributed by atoms with Crippen molar-refractivity contribution in [2.45, 2.75) is 12.6 Å². The summed E-state index contributed by atoms with van der Waals surface area (Å²) in [7, 11) is 1.46. The van der Waals surface area contributed by atoms with Crippen LogP contribution in [0.2, 0.25) is 0 Å². The lowest BCUT2D eigenvalue weighted by molar-refractivity contribution is -0.0687. The molecule has 1 aromatic rings. The molecule has 0 spiro atoms. The second-order valence-corrected chi connectivity index (χ2v) is 3.31. The molecule has 1 aromatic carbocycles. The molecular formula is C11H9F3O. The van der Waals surface area contributed by atoms with Crippen molar-refractivity contribution >= 4 is 5.57 Å². The van der Waals surface area contributed by atoms with E-state index in [1.165, 1.54) is 19.3 Å². The van der Waals surface area contributed by atoms with Crippen molar-refractivity contribution in [2.24, 2.45) is 0 Å². The van der Waals surface area contributed by atoms with Crippen molar-refractivity contribution in [3.8, 4) is 5.75 Å². The Morgan fingerprint density at radius 3 is 2.60 bits per heavy atom. The molecule has 0 radical (unpaired) electrons. The molecule has 1 aliphatic rings. The quantitative estimate of drug-likeness (QED) is 0.697. The smallest absolute Gasteiger partial charge is 0.416 e. The minimum absolute atomic E-state index is 0.238. The van der Waals surface area contributed by atoms with Gasteiger partial charge in [-0.25, -0.2) is 0 Å². The lowest BCUT2D eigenvalue weighted by Crippen LogP contribution is -2.09. The van der Waals surface area contributed by atoms with Gasteiger partial charge in [-0.15, -0.1) is 0 Å². The van der Waals surface area contributed by atoms with E-state index in [9.17, 15) is 13.2 Å². The molecule has 0 fully saturated rings.